The summed E-state index contributed by atoms with van der Waals surface area (Å²) in [5.41, 5.74) is -2.22. The van der Waals surface area contributed by atoms with Crippen LogP contribution in [0.3, 0.4) is 0 Å². The van der Waals surface area contributed by atoms with Gasteiger partial charge >= 0.3 is 6.03 Å². The standard InChI is InChI=1S/C36H40FN7O7S/c1-3-51-33-28(5-4-12-39-33)36(40-35(46)43-22-26(23-43)41-13-10-25(11-14-41)42-15-17-50-18-16-42)29-19-24(21-38)6-8-31(29)44(34(36)45)52(47,48)32-9-7-27(49-2)20-30(32)37/h4-9,12,19-20,25-26H,3,10-11,13-18,22-23H2,1-2H3,(H,40,46)/t36-/m1/s1. The van der Waals surface area contributed by atoms with Crippen LogP contribution in [0, 0.1) is 17.1 Å². The molecule has 3 saturated heterocycles. The van der Waals surface area contributed by atoms with Crippen LogP contribution < -0.4 is 19.1 Å². The molecule has 0 aliphatic carbocycles. The molecule has 0 spiro atoms. The Kier molecular flexibility index (Phi) is 9.79. The number of rotatable bonds is 9. The van der Waals surface area contributed by atoms with Crippen molar-refractivity contribution in [3.05, 3.63) is 77.2 Å². The van der Waals surface area contributed by atoms with E-state index in [1.165, 1.54) is 49.7 Å². The number of fused-ring (bicyclic) bond motifs is 1. The zero-order valence-corrected chi connectivity index (χ0v) is 29.8. The normalized spacial score (nSPS) is 21.7. The van der Waals surface area contributed by atoms with Gasteiger partial charge in [-0.2, -0.15) is 9.57 Å². The number of urea groups is 1. The SMILES string of the molecule is CCOc1ncccc1[C@]1(NC(=O)N2CC(N3CCC(N4CCOCC4)CC3)C2)C(=O)N(S(=O)(=O)c2ccc(OC)cc2F)c2ccc(C#N)cc21. The summed E-state index contributed by atoms with van der Waals surface area (Å²) >= 11 is 0. The van der Waals surface area contributed by atoms with Gasteiger partial charge in [-0.25, -0.2) is 22.6 Å². The van der Waals surface area contributed by atoms with Gasteiger partial charge in [-0.3, -0.25) is 14.6 Å². The highest BCUT2D eigenvalue weighted by atomic mass is 32.2. The topological polar surface area (TPSA) is 158 Å². The number of methoxy groups -OCH3 is 1. The number of halogens is 1. The van der Waals surface area contributed by atoms with E-state index < -0.39 is 38.2 Å². The third-order valence-electron chi connectivity index (χ3n) is 10.4. The third-order valence-corrected chi connectivity index (χ3v) is 12.1. The maximum atomic E-state index is 15.4. The van der Waals surface area contributed by atoms with Gasteiger partial charge in [0.25, 0.3) is 15.9 Å². The minimum atomic E-state index is -4.94. The van der Waals surface area contributed by atoms with Crippen LogP contribution in [-0.4, -0.2) is 118 Å². The second-order valence-corrected chi connectivity index (χ2v) is 14.9. The molecule has 4 aliphatic heterocycles. The van der Waals surface area contributed by atoms with Crippen LogP contribution in [0.4, 0.5) is 14.9 Å². The summed E-state index contributed by atoms with van der Waals surface area (Å²) in [6.45, 7) is 7.85. The maximum Gasteiger partial charge on any atom is 0.318 e. The average Bonchev–Trinajstić information content (AvgIpc) is 3.39. The first kappa shape index (κ1) is 35.6. The summed E-state index contributed by atoms with van der Waals surface area (Å²) in [7, 11) is -3.63. The highest BCUT2D eigenvalue weighted by molar-refractivity contribution is 7.93. The van der Waals surface area contributed by atoms with Crippen molar-refractivity contribution < 1.29 is 36.6 Å². The number of morpholine rings is 1. The van der Waals surface area contributed by atoms with Crippen LogP contribution in [-0.2, 0) is 25.1 Å². The Hall–Kier alpha value is -4.82. The fourth-order valence-electron chi connectivity index (χ4n) is 7.64. The quantitative estimate of drug-likeness (QED) is 0.345. The summed E-state index contributed by atoms with van der Waals surface area (Å²) in [5, 5.41) is 12.8. The number of likely N-dealkylation sites (tertiary alicyclic amines) is 2. The molecular formula is C36H40FN7O7S. The predicted molar refractivity (Wildman–Crippen MR) is 186 cm³/mol. The third kappa shape index (κ3) is 6.11. The maximum absolute atomic E-state index is 15.4. The molecule has 1 aromatic heterocycles. The minimum Gasteiger partial charge on any atom is -0.497 e. The molecule has 52 heavy (non-hydrogen) atoms. The molecule has 1 N–H and O–H groups in total. The number of carbonyl (C=O) groups excluding carboxylic acids is 2. The van der Waals surface area contributed by atoms with Gasteiger partial charge in [-0.15, -0.1) is 0 Å². The number of hydrogen-bond donors (Lipinski definition) is 1. The Morgan fingerprint density at radius 1 is 1.06 bits per heavy atom. The lowest BCUT2D eigenvalue weighted by atomic mass is 9.83. The van der Waals surface area contributed by atoms with Crippen molar-refractivity contribution in [1.29, 1.82) is 5.26 Å². The molecule has 0 unspecified atom stereocenters. The van der Waals surface area contributed by atoms with E-state index in [4.69, 9.17) is 14.2 Å². The number of amides is 3. The smallest absolute Gasteiger partial charge is 0.318 e. The van der Waals surface area contributed by atoms with E-state index in [0.29, 0.717) is 23.4 Å². The Balaban J connectivity index is 1.22. The van der Waals surface area contributed by atoms with E-state index in [2.05, 4.69) is 20.1 Å². The molecule has 3 fully saturated rings. The number of anilines is 1. The minimum absolute atomic E-state index is 0.00129. The molecule has 0 saturated carbocycles. The Morgan fingerprint density at radius 3 is 2.46 bits per heavy atom. The average molecular weight is 734 g/mol. The molecule has 7 rings (SSSR count). The fraction of sp³-hybridized carbons (Fsp3) is 0.444. The summed E-state index contributed by atoms with van der Waals surface area (Å²) < 4.78 is 60.9. The summed E-state index contributed by atoms with van der Waals surface area (Å²) in [4.78, 5) is 39.2. The van der Waals surface area contributed by atoms with Crippen molar-refractivity contribution in [2.45, 2.75) is 42.3 Å². The number of nitrogens with one attached hydrogen (secondary N) is 1. The van der Waals surface area contributed by atoms with Gasteiger partial charge in [0.05, 0.1) is 49.8 Å². The Labute approximate surface area is 301 Å². The molecule has 1 atom stereocenters. The molecular weight excluding hydrogens is 694 g/mol. The van der Waals surface area contributed by atoms with Crippen molar-refractivity contribution in [1.82, 2.24) is 25.0 Å². The van der Waals surface area contributed by atoms with Crippen LogP contribution in [0.25, 0.3) is 0 Å². The van der Waals surface area contributed by atoms with E-state index in [-0.39, 0.29) is 46.7 Å². The first-order valence-corrected chi connectivity index (χ1v) is 18.8. The first-order chi connectivity index (χ1) is 25.1. The number of nitriles is 1. The monoisotopic (exact) mass is 733 g/mol. The summed E-state index contributed by atoms with van der Waals surface area (Å²) in [6.07, 6.45) is 3.50. The van der Waals surface area contributed by atoms with Gasteiger partial charge in [0.2, 0.25) is 5.88 Å². The Morgan fingerprint density at radius 2 is 1.79 bits per heavy atom. The van der Waals surface area contributed by atoms with Crippen LogP contribution in [0.2, 0.25) is 0 Å². The molecule has 3 aromatic rings. The van der Waals surface area contributed by atoms with Crippen molar-refractivity contribution >= 4 is 27.6 Å². The van der Waals surface area contributed by atoms with Crippen LogP contribution >= 0.6 is 0 Å². The number of carbonyl (C=O) groups is 2. The van der Waals surface area contributed by atoms with Gasteiger partial charge < -0.3 is 24.4 Å². The summed E-state index contributed by atoms with van der Waals surface area (Å²) in [6, 6.07) is 12.3. The van der Waals surface area contributed by atoms with Gasteiger partial charge in [-0.1, -0.05) is 0 Å². The molecule has 0 bridgehead atoms. The number of aromatic nitrogens is 1. The highest BCUT2D eigenvalue weighted by Crippen LogP contribution is 2.49. The molecule has 2 aromatic carbocycles. The fourth-order valence-corrected chi connectivity index (χ4v) is 9.16. The van der Waals surface area contributed by atoms with E-state index in [1.54, 1.807) is 11.8 Å². The second kappa shape index (κ2) is 14.3. The van der Waals surface area contributed by atoms with Crippen molar-refractivity contribution in [3.8, 4) is 17.7 Å². The van der Waals surface area contributed by atoms with E-state index in [0.717, 1.165) is 64.4 Å². The Bertz CT molecular complexity index is 2010. The van der Waals surface area contributed by atoms with E-state index >= 15 is 9.18 Å². The molecule has 274 valence electrons. The van der Waals surface area contributed by atoms with E-state index in [9.17, 15) is 18.5 Å². The highest BCUT2D eigenvalue weighted by Gasteiger charge is 2.59. The van der Waals surface area contributed by atoms with Crippen molar-refractivity contribution in [3.63, 3.8) is 0 Å². The second-order valence-electron chi connectivity index (χ2n) is 13.2. The van der Waals surface area contributed by atoms with Crippen LogP contribution in [0.15, 0.2) is 59.6 Å². The lowest BCUT2D eigenvalue weighted by molar-refractivity contribution is -0.121. The number of hydrogen-bond acceptors (Lipinski definition) is 11. The number of pyridine rings is 1. The predicted octanol–water partition coefficient (Wildman–Crippen LogP) is 2.67. The van der Waals surface area contributed by atoms with Crippen molar-refractivity contribution in [2.24, 2.45) is 0 Å². The van der Waals surface area contributed by atoms with E-state index in [1.807, 2.05) is 6.07 Å². The molecule has 5 heterocycles. The lowest BCUT2D eigenvalue weighted by Crippen LogP contribution is -2.67. The van der Waals surface area contributed by atoms with Gasteiger partial charge in [-0.05, 0) is 62.2 Å². The number of benzene rings is 2. The largest absolute Gasteiger partial charge is 0.497 e. The zero-order valence-electron chi connectivity index (χ0n) is 29.0. The lowest BCUT2D eigenvalue weighted by Gasteiger charge is -2.49. The summed E-state index contributed by atoms with van der Waals surface area (Å²) in [5.74, 6) is -2.19. The molecule has 16 heteroatoms. The van der Waals surface area contributed by atoms with Gasteiger partial charge in [0.1, 0.15) is 16.5 Å². The molecule has 3 amide bonds. The molecule has 0 radical (unpaired) electrons. The first-order valence-electron chi connectivity index (χ1n) is 17.3. The molecule has 4 aliphatic rings. The van der Waals surface area contributed by atoms with Crippen LogP contribution in [0.1, 0.15) is 36.5 Å². The number of piperidine rings is 1. The van der Waals surface area contributed by atoms with Gasteiger partial charge in [0, 0.05) is 69.2 Å². The van der Waals surface area contributed by atoms with Crippen molar-refractivity contribution in [2.75, 3.05) is 70.5 Å². The molecule has 14 nitrogen and oxygen atoms in total. The number of nitrogens with zero attached hydrogens (tertiary/aromatic N) is 6. The van der Waals surface area contributed by atoms with Gasteiger partial charge in [0.15, 0.2) is 5.54 Å². The zero-order chi connectivity index (χ0) is 36.6. The number of sulfonamides is 1. The number of ether oxygens (including phenoxy) is 3. The van der Waals surface area contributed by atoms with Crippen LogP contribution in [0.5, 0.6) is 11.6 Å².